The highest BCUT2D eigenvalue weighted by Crippen LogP contribution is 2.23. The van der Waals surface area contributed by atoms with E-state index < -0.39 is 5.97 Å². The van der Waals surface area contributed by atoms with Crippen molar-refractivity contribution >= 4 is 12.3 Å². The molecule has 2 rings (SSSR count). The summed E-state index contributed by atoms with van der Waals surface area (Å²) >= 11 is 0. The van der Waals surface area contributed by atoms with Gasteiger partial charge in [-0.25, -0.2) is 4.79 Å². The SMILES string of the molecule is O=C(O)c1cc(O)ccc1O.O=Cc1ccc(O)c(O)c1. The molecule has 110 valence electrons. The standard InChI is InChI=1S/C7H6O4.C7H6O3/c8-4-1-2-6(9)5(3-4)7(10)11;8-4-5-1-2-6(9)7(10)3-5/h1-3,8-9H,(H,10,11);1-4,9-10H. The number of rotatable bonds is 2. The van der Waals surface area contributed by atoms with Crippen molar-refractivity contribution in [2.75, 3.05) is 0 Å². The summed E-state index contributed by atoms with van der Waals surface area (Å²) < 4.78 is 0. The van der Waals surface area contributed by atoms with E-state index in [1.54, 1.807) is 0 Å². The highest BCUT2D eigenvalue weighted by atomic mass is 16.4. The average molecular weight is 292 g/mol. The van der Waals surface area contributed by atoms with Crippen molar-refractivity contribution in [3.63, 3.8) is 0 Å². The number of aldehydes is 1. The van der Waals surface area contributed by atoms with E-state index in [0.717, 1.165) is 12.1 Å². The van der Waals surface area contributed by atoms with Gasteiger partial charge in [-0.2, -0.15) is 0 Å². The zero-order valence-electron chi connectivity index (χ0n) is 10.6. The maximum atomic E-state index is 10.3. The highest BCUT2D eigenvalue weighted by Gasteiger charge is 2.08. The summed E-state index contributed by atoms with van der Waals surface area (Å²) in [5, 5.41) is 43.7. The molecule has 2 aromatic carbocycles. The second-order valence-corrected chi connectivity index (χ2v) is 3.87. The highest BCUT2D eigenvalue weighted by molar-refractivity contribution is 5.91. The molecule has 0 atom stereocenters. The molecule has 0 unspecified atom stereocenters. The smallest absolute Gasteiger partial charge is 0.339 e. The second kappa shape index (κ2) is 6.80. The predicted octanol–water partition coefficient (Wildman–Crippen LogP) is 1.71. The number of carboxylic acids is 1. The lowest BCUT2D eigenvalue weighted by Gasteiger charge is -1.98. The average Bonchev–Trinajstić information content (AvgIpc) is 2.45. The third-order valence-corrected chi connectivity index (χ3v) is 2.35. The van der Waals surface area contributed by atoms with Crippen molar-refractivity contribution in [1.29, 1.82) is 0 Å². The number of phenols is 4. The lowest BCUT2D eigenvalue weighted by Crippen LogP contribution is -1.95. The minimum atomic E-state index is -1.27. The third-order valence-electron chi connectivity index (χ3n) is 2.35. The van der Waals surface area contributed by atoms with Crippen LogP contribution in [0.25, 0.3) is 0 Å². The number of aromatic carboxylic acids is 1. The number of carboxylic acid groups (broad SMARTS) is 1. The number of carbonyl (C=O) groups is 2. The van der Waals surface area contributed by atoms with Crippen molar-refractivity contribution in [2.45, 2.75) is 0 Å². The number of carbonyl (C=O) groups excluding carboxylic acids is 1. The Morgan fingerprint density at radius 3 is 1.95 bits per heavy atom. The third kappa shape index (κ3) is 4.43. The van der Waals surface area contributed by atoms with Crippen LogP contribution in [-0.4, -0.2) is 37.8 Å². The molecule has 0 radical (unpaired) electrons. The minimum absolute atomic E-state index is 0.180. The molecule has 0 bridgehead atoms. The fraction of sp³-hybridized carbons (Fsp3) is 0. The Hall–Kier alpha value is -3.22. The number of aromatic hydroxyl groups is 4. The van der Waals surface area contributed by atoms with E-state index >= 15 is 0 Å². The largest absolute Gasteiger partial charge is 0.508 e. The molecule has 0 amide bonds. The van der Waals surface area contributed by atoms with Crippen LogP contribution in [0.1, 0.15) is 20.7 Å². The molecule has 0 heterocycles. The predicted molar refractivity (Wildman–Crippen MR) is 71.9 cm³/mol. The molecule has 0 aliphatic heterocycles. The van der Waals surface area contributed by atoms with Gasteiger partial charge in [0.25, 0.3) is 0 Å². The van der Waals surface area contributed by atoms with E-state index in [0.29, 0.717) is 11.8 Å². The van der Waals surface area contributed by atoms with Gasteiger partial charge >= 0.3 is 5.97 Å². The van der Waals surface area contributed by atoms with E-state index in [2.05, 4.69) is 0 Å². The van der Waals surface area contributed by atoms with Gasteiger partial charge in [-0.3, -0.25) is 4.79 Å². The Labute approximate surface area is 119 Å². The molecule has 0 saturated carbocycles. The second-order valence-electron chi connectivity index (χ2n) is 3.87. The first-order valence-electron chi connectivity index (χ1n) is 5.57. The van der Waals surface area contributed by atoms with Crippen molar-refractivity contribution in [1.82, 2.24) is 0 Å². The lowest BCUT2D eigenvalue weighted by atomic mass is 10.2. The number of phenolic OH excluding ortho intramolecular Hbond substituents is 3. The molecule has 0 aliphatic rings. The molecule has 7 heteroatoms. The maximum absolute atomic E-state index is 10.3. The molecule has 21 heavy (non-hydrogen) atoms. The van der Waals surface area contributed by atoms with Crippen LogP contribution in [0.15, 0.2) is 36.4 Å². The first kappa shape index (κ1) is 15.8. The van der Waals surface area contributed by atoms with Crippen molar-refractivity contribution < 1.29 is 35.1 Å². The van der Waals surface area contributed by atoms with E-state index in [1.807, 2.05) is 0 Å². The van der Waals surface area contributed by atoms with E-state index in [-0.39, 0.29) is 28.6 Å². The molecule has 7 nitrogen and oxygen atoms in total. The molecule has 0 saturated heterocycles. The van der Waals surface area contributed by atoms with Crippen LogP contribution in [0, 0.1) is 0 Å². The molecule has 2 aromatic rings. The summed E-state index contributed by atoms with van der Waals surface area (Å²) in [6.45, 7) is 0. The summed E-state index contributed by atoms with van der Waals surface area (Å²) in [6.07, 6.45) is 0.596. The number of benzene rings is 2. The Balaban J connectivity index is 0.000000211. The minimum Gasteiger partial charge on any atom is -0.508 e. The monoisotopic (exact) mass is 292 g/mol. The van der Waals surface area contributed by atoms with E-state index in [4.69, 9.17) is 25.5 Å². The van der Waals surface area contributed by atoms with Crippen LogP contribution in [0.4, 0.5) is 0 Å². The van der Waals surface area contributed by atoms with Gasteiger partial charge < -0.3 is 25.5 Å². The van der Waals surface area contributed by atoms with Gasteiger partial charge in [0, 0.05) is 5.56 Å². The first-order valence-corrected chi connectivity index (χ1v) is 5.57. The molecular weight excluding hydrogens is 280 g/mol. The first-order chi connectivity index (χ1) is 9.85. The van der Waals surface area contributed by atoms with Crippen LogP contribution in [0.2, 0.25) is 0 Å². The van der Waals surface area contributed by atoms with Crippen molar-refractivity contribution in [3.05, 3.63) is 47.5 Å². The maximum Gasteiger partial charge on any atom is 0.339 e. The molecular formula is C14H12O7. The van der Waals surface area contributed by atoms with Crippen molar-refractivity contribution in [2.24, 2.45) is 0 Å². The zero-order valence-corrected chi connectivity index (χ0v) is 10.6. The van der Waals surface area contributed by atoms with E-state index in [9.17, 15) is 9.59 Å². The van der Waals surface area contributed by atoms with Gasteiger partial charge in [0.05, 0.1) is 0 Å². The van der Waals surface area contributed by atoms with Gasteiger partial charge in [-0.05, 0) is 36.4 Å². The Bertz CT molecular complexity index is 664. The van der Waals surface area contributed by atoms with Gasteiger partial charge in [-0.1, -0.05) is 0 Å². The summed E-state index contributed by atoms with van der Waals surface area (Å²) in [7, 11) is 0. The summed E-state index contributed by atoms with van der Waals surface area (Å²) in [6, 6.07) is 7.20. The van der Waals surface area contributed by atoms with Gasteiger partial charge in [0.2, 0.25) is 0 Å². The van der Waals surface area contributed by atoms with Gasteiger partial charge in [0.1, 0.15) is 23.3 Å². The summed E-state index contributed by atoms with van der Waals surface area (Å²) in [5.74, 6) is -2.29. The van der Waals surface area contributed by atoms with Crippen LogP contribution >= 0.6 is 0 Å². The van der Waals surface area contributed by atoms with Gasteiger partial charge in [-0.15, -0.1) is 0 Å². The number of hydrogen-bond acceptors (Lipinski definition) is 6. The Morgan fingerprint density at radius 1 is 0.857 bits per heavy atom. The van der Waals surface area contributed by atoms with Crippen molar-refractivity contribution in [3.8, 4) is 23.0 Å². The quantitative estimate of drug-likeness (QED) is 0.323. The molecule has 0 aliphatic carbocycles. The topological polar surface area (TPSA) is 135 Å². The molecule has 0 aromatic heterocycles. The summed E-state index contributed by atoms with van der Waals surface area (Å²) in [5.41, 5.74) is 0.0419. The lowest BCUT2D eigenvalue weighted by molar-refractivity contribution is 0.0693. The van der Waals surface area contributed by atoms with Gasteiger partial charge in [0.15, 0.2) is 11.5 Å². The molecule has 0 fully saturated rings. The van der Waals surface area contributed by atoms with Crippen LogP contribution in [-0.2, 0) is 0 Å². The van der Waals surface area contributed by atoms with Crippen LogP contribution in [0.5, 0.6) is 23.0 Å². The zero-order chi connectivity index (χ0) is 16.0. The summed E-state index contributed by atoms with van der Waals surface area (Å²) in [4.78, 5) is 20.4. The molecule has 5 N–H and O–H groups in total. The number of hydrogen-bond donors (Lipinski definition) is 5. The van der Waals surface area contributed by atoms with E-state index in [1.165, 1.54) is 24.3 Å². The Kier molecular flexibility index (Phi) is 5.13. The fourth-order valence-electron chi connectivity index (χ4n) is 1.31. The normalized spacial score (nSPS) is 9.33. The fourth-order valence-corrected chi connectivity index (χ4v) is 1.31. The molecule has 0 spiro atoms. The Morgan fingerprint density at radius 2 is 1.48 bits per heavy atom. The van der Waals surface area contributed by atoms with Crippen LogP contribution < -0.4 is 0 Å². The van der Waals surface area contributed by atoms with Crippen LogP contribution in [0.3, 0.4) is 0 Å².